The number of hydrogen-bond acceptors (Lipinski definition) is 2. The van der Waals surface area contributed by atoms with Crippen LogP contribution in [0.3, 0.4) is 0 Å². The van der Waals surface area contributed by atoms with Crippen molar-refractivity contribution in [2.75, 3.05) is 11.5 Å². The molecule has 2 rings (SSSR count). The summed E-state index contributed by atoms with van der Waals surface area (Å²) in [6, 6.07) is 8.68. The first-order chi connectivity index (χ1) is 7.04. The van der Waals surface area contributed by atoms with Gasteiger partial charge in [-0.25, -0.2) is 0 Å². The van der Waals surface area contributed by atoms with E-state index in [1.807, 2.05) is 0 Å². The SMILES string of the molecule is CC(C)(C)N1c2ccccc2C[C@@H]1CO. The molecule has 2 nitrogen and oxygen atoms in total. The van der Waals surface area contributed by atoms with Gasteiger partial charge in [0.25, 0.3) is 0 Å². The number of para-hydroxylation sites is 1. The van der Waals surface area contributed by atoms with E-state index >= 15 is 0 Å². The Hall–Kier alpha value is -1.02. The van der Waals surface area contributed by atoms with Gasteiger partial charge in [-0.05, 0) is 38.8 Å². The van der Waals surface area contributed by atoms with Gasteiger partial charge in [-0.15, -0.1) is 0 Å². The van der Waals surface area contributed by atoms with Crippen LogP contribution in [0.5, 0.6) is 0 Å². The van der Waals surface area contributed by atoms with Crippen molar-refractivity contribution in [2.24, 2.45) is 0 Å². The second kappa shape index (κ2) is 3.53. The fourth-order valence-corrected chi connectivity index (χ4v) is 2.52. The van der Waals surface area contributed by atoms with Crippen molar-refractivity contribution in [3.05, 3.63) is 29.8 Å². The molecule has 1 atom stereocenters. The highest BCUT2D eigenvalue weighted by Gasteiger charge is 2.35. The minimum atomic E-state index is 0.0694. The van der Waals surface area contributed by atoms with Crippen molar-refractivity contribution in [3.8, 4) is 0 Å². The molecule has 1 aromatic carbocycles. The molecule has 0 aliphatic carbocycles. The third kappa shape index (κ3) is 1.74. The first kappa shape index (κ1) is 10.5. The number of aliphatic hydroxyl groups is 1. The first-order valence-corrected chi connectivity index (χ1v) is 5.52. The Morgan fingerprint density at radius 1 is 1.33 bits per heavy atom. The molecule has 0 spiro atoms. The molecule has 1 aromatic rings. The summed E-state index contributed by atoms with van der Waals surface area (Å²) in [6.07, 6.45) is 0.962. The van der Waals surface area contributed by atoms with E-state index in [0.29, 0.717) is 0 Å². The summed E-state index contributed by atoms with van der Waals surface area (Å²) in [6.45, 7) is 6.80. The van der Waals surface area contributed by atoms with Crippen LogP contribution in [0.1, 0.15) is 26.3 Å². The van der Waals surface area contributed by atoms with Gasteiger partial charge >= 0.3 is 0 Å². The van der Waals surface area contributed by atoms with Gasteiger partial charge in [0.2, 0.25) is 0 Å². The average Bonchev–Trinajstić information content (AvgIpc) is 2.54. The van der Waals surface area contributed by atoms with E-state index in [1.165, 1.54) is 11.3 Å². The Morgan fingerprint density at radius 2 is 2.00 bits per heavy atom. The van der Waals surface area contributed by atoms with Crippen LogP contribution < -0.4 is 4.90 Å². The highest BCUT2D eigenvalue weighted by molar-refractivity contribution is 5.61. The molecule has 82 valence electrons. The summed E-state index contributed by atoms with van der Waals surface area (Å²) in [7, 11) is 0. The van der Waals surface area contributed by atoms with Crippen LogP contribution in [0.4, 0.5) is 5.69 Å². The Labute approximate surface area is 91.5 Å². The smallest absolute Gasteiger partial charge is 0.0638 e. The standard InChI is InChI=1S/C13H19NO/c1-13(2,3)14-11(9-15)8-10-6-4-5-7-12(10)14/h4-7,11,15H,8-9H2,1-3H3/t11-/m1/s1. The fourth-order valence-electron chi connectivity index (χ4n) is 2.52. The van der Waals surface area contributed by atoms with Crippen molar-refractivity contribution >= 4 is 5.69 Å². The van der Waals surface area contributed by atoms with Gasteiger partial charge in [-0.3, -0.25) is 0 Å². The van der Waals surface area contributed by atoms with E-state index < -0.39 is 0 Å². The predicted molar refractivity (Wildman–Crippen MR) is 63.3 cm³/mol. The molecular weight excluding hydrogens is 186 g/mol. The van der Waals surface area contributed by atoms with Gasteiger partial charge in [0.15, 0.2) is 0 Å². The van der Waals surface area contributed by atoms with Crippen molar-refractivity contribution in [2.45, 2.75) is 38.8 Å². The third-order valence-electron chi connectivity index (χ3n) is 3.01. The summed E-state index contributed by atoms with van der Waals surface area (Å²) < 4.78 is 0. The van der Waals surface area contributed by atoms with E-state index in [0.717, 1.165) is 6.42 Å². The van der Waals surface area contributed by atoms with Crippen LogP contribution in [0.2, 0.25) is 0 Å². The van der Waals surface area contributed by atoms with Crippen LogP contribution in [-0.4, -0.2) is 23.3 Å². The predicted octanol–water partition coefficient (Wildman–Crippen LogP) is 2.21. The molecule has 0 aromatic heterocycles. The Kier molecular flexibility index (Phi) is 2.47. The molecule has 0 unspecified atom stereocenters. The number of fused-ring (bicyclic) bond motifs is 1. The average molecular weight is 205 g/mol. The molecule has 1 aliphatic heterocycles. The highest BCUT2D eigenvalue weighted by Crippen LogP contribution is 2.36. The molecule has 0 amide bonds. The van der Waals surface area contributed by atoms with Crippen molar-refractivity contribution < 1.29 is 5.11 Å². The van der Waals surface area contributed by atoms with Crippen LogP contribution in [0, 0.1) is 0 Å². The summed E-state index contributed by atoms with van der Waals surface area (Å²) >= 11 is 0. The lowest BCUT2D eigenvalue weighted by atomic mass is 10.0. The van der Waals surface area contributed by atoms with Gasteiger partial charge in [0.1, 0.15) is 0 Å². The normalized spacial score (nSPS) is 20.5. The zero-order chi connectivity index (χ0) is 11.1. The van der Waals surface area contributed by atoms with Crippen molar-refractivity contribution in [3.63, 3.8) is 0 Å². The van der Waals surface area contributed by atoms with Crippen LogP contribution in [0.15, 0.2) is 24.3 Å². The lowest BCUT2D eigenvalue weighted by Gasteiger charge is -2.39. The number of anilines is 1. The largest absolute Gasteiger partial charge is 0.394 e. The van der Waals surface area contributed by atoms with Gasteiger partial charge in [0, 0.05) is 11.2 Å². The minimum Gasteiger partial charge on any atom is -0.394 e. The summed E-state index contributed by atoms with van der Waals surface area (Å²) in [5, 5.41) is 9.43. The molecule has 0 bridgehead atoms. The van der Waals surface area contributed by atoms with E-state index in [4.69, 9.17) is 0 Å². The molecule has 15 heavy (non-hydrogen) atoms. The highest BCUT2D eigenvalue weighted by atomic mass is 16.3. The van der Waals surface area contributed by atoms with Crippen LogP contribution >= 0.6 is 0 Å². The lowest BCUT2D eigenvalue weighted by molar-refractivity contribution is 0.248. The summed E-state index contributed by atoms with van der Waals surface area (Å²) in [5.41, 5.74) is 2.70. The molecule has 0 radical (unpaired) electrons. The van der Waals surface area contributed by atoms with Crippen molar-refractivity contribution in [1.29, 1.82) is 0 Å². The zero-order valence-electron chi connectivity index (χ0n) is 9.70. The summed E-state index contributed by atoms with van der Waals surface area (Å²) in [4.78, 5) is 2.34. The second-order valence-corrected chi connectivity index (χ2v) is 5.21. The first-order valence-electron chi connectivity index (χ1n) is 5.52. The van der Waals surface area contributed by atoms with E-state index in [-0.39, 0.29) is 18.2 Å². The van der Waals surface area contributed by atoms with Crippen LogP contribution in [0.25, 0.3) is 0 Å². The molecule has 1 heterocycles. The lowest BCUT2D eigenvalue weighted by Crippen LogP contribution is -2.47. The summed E-state index contributed by atoms with van der Waals surface area (Å²) in [5.74, 6) is 0. The monoisotopic (exact) mass is 205 g/mol. The maximum absolute atomic E-state index is 9.43. The Bertz CT molecular complexity index is 354. The molecular formula is C13H19NO. The fraction of sp³-hybridized carbons (Fsp3) is 0.538. The topological polar surface area (TPSA) is 23.5 Å². The maximum Gasteiger partial charge on any atom is 0.0638 e. The van der Waals surface area contributed by atoms with Crippen LogP contribution in [-0.2, 0) is 6.42 Å². The minimum absolute atomic E-state index is 0.0694. The second-order valence-electron chi connectivity index (χ2n) is 5.21. The van der Waals surface area contributed by atoms with E-state index in [2.05, 4.69) is 49.9 Å². The van der Waals surface area contributed by atoms with Crippen molar-refractivity contribution in [1.82, 2.24) is 0 Å². The van der Waals surface area contributed by atoms with Gasteiger partial charge in [-0.1, -0.05) is 18.2 Å². The van der Waals surface area contributed by atoms with Gasteiger partial charge < -0.3 is 10.0 Å². The third-order valence-corrected chi connectivity index (χ3v) is 3.01. The molecule has 0 fully saturated rings. The molecule has 1 aliphatic rings. The molecule has 1 N–H and O–H groups in total. The van der Waals surface area contributed by atoms with Gasteiger partial charge in [-0.2, -0.15) is 0 Å². The quantitative estimate of drug-likeness (QED) is 0.760. The zero-order valence-corrected chi connectivity index (χ0v) is 9.70. The molecule has 0 saturated heterocycles. The number of nitrogens with zero attached hydrogens (tertiary/aromatic N) is 1. The van der Waals surface area contributed by atoms with E-state index in [9.17, 15) is 5.11 Å². The van der Waals surface area contributed by atoms with E-state index in [1.54, 1.807) is 0 Å². The number of rotatable bonds is 1. The Balaban J connectivity index is 2.43. The van der Waals surface area contributed by atoms with Gasteiger partial charge in [0.05, 0.1) is 12.6 Å². The molecule has 0 saturated carbocycles. The molecule has 2 heteroatoms. The number of aliphatic hydroxyl groups excluding tert-OH is 1. The number of hydrogen-bond donors (Lipinski definition) is 1. The number of benzene rings is 1. The maximum atomic E-state index is 9.43. The Morgan fingerprint density at radius 3 is 2.60 bits per heavy atom.